The smallest absolute Gasteiger partial charge is 0.243 e. The van der Waals surface area contributed by atoms with Crippen LogP contribution in [-0.4, -0.2) is 17.0 Å². The Balaban J connectivity index is 2.12. The number of benzene rings is 1. The number of unbranched alkanes of at least 4 members (excludes halogenated alkanes) is 3. The van der Waals surface area contributed by atoms with E-state index >= 15 is 0 Å². The zero-order valence-corrected chi connectivity index (χ0v) is 11.4. The summed E-state index contributed by atoms with van der Waals surface area (Å²) in [6.07, 6.45) is 3.94. The lowest BCUT2D eigenvalue weighted by Gasteiger charge is -2.07. The largest absolute Gasteiger partial charge is 0.397 e. The van der Waals surface area contributed by atoms with Crippen molar-refractivity contribution in [2.24, 2.45) is 0 Å². The summed E-state index contributed by atoms with van der Waals surface area (Å²) in [6.45, 7) is 0. The lowest BCUT2D eigenvalue weighted by atomic mass is 10.1. The molecule has 0 heterocycles. The molecule has 0 aromatic heterocycles. The highest BCUT2D eigenvalue weighted by Gasteiger charge is 2.04. The van der Waals surface area contributed by atoms with E-state index in [-0.39, 0.29) is 11.8 Å². The van der Waals surface area contributed by atoms with Gasteiger partial charge in [0.25, 0.3) is 0 Å². The highest BCUT2D eigenvalue weighted by atomic mass is 16.5. The van der Waals surface area contributed by atoms with Gasteiger partial charge in [-0.25, -0.2) is 5.48 Å². The molecule has 20 heavy (non-hydrogen) atoms. The van der Waals surface area contributed by atoms with Gasteiger partial charge in [-0.15, -0.1) is 0 Å². The summed E-state index contributed by atoms with van der Waals surface area (Å²) in [5, 5.41) is 11.1. The summed E-state index contributed by atoms with van der Waals surface area (Å²) in [4.78, 5) is 22.4. The molecule has 0 unspecified atom stereocenters. The Hall–Kier alpha value is -2.08. The summed E-state index contributed by atoms with van der Waals surface area (Å²) >= 11 is 0. The van der Waals surface area contributed by atoms with E-state index < -0.39 is 0 Å². The number of carbonyl (C=O) groups excluding carboxylic acids is 2. The maximum atomic E-state index is 11.7. The maximum Gasteiger partial charge on any atom is 0.243 e. The molecule has 0 aliphatic carbocycles. The third kappa shape index (κ3) is 6.19. The summed E-state index contributed by atoms with van der Waals surface area (Å²) < 4.78 is 0. The molecule has 0 saturated heterocycles. The topological polar surface area (TPSA) is 104 Å². The summed E-state index contributed by atoms with van der Waals surface area (Å²) in [5.41, 5.74) is 8.51. The standard InChI is InChI=1S/C14H21N3O3/c15-11-7-5-6-8-12(11)16-13(18)9-3-1-2-4-10-14(19)17-20/h5-8,20H,1-4,9-10,15H2,(H,16,18)(H,17,19). The molecule has 6 nitrogen and oxygen atoms in total. The molecular weight excluding hydrogens is 258 g/mol. The Kier molecular flexibility index (Phi) is 7.13. The van der Waals surface area contributed by atoms with E-state index in [1.807, 2.05) is 12.1 Å². The van der Waals surface area contributed by atoms with Gasteiger partial charge in [0.2, 0.25) is 11.8 Å². The van der Waals surface area contributed by atoms with Gasteiger partial charge in [0.1, 0.15) is 0 Å². The second-order valence-electron chi connectivity index (χ2n) is 4.58. The van der Waals surface area contributed by atoms with Crippen molar-refractivity contribution in [1.29, 1.82) is 0 Å². The van der Waals surface area contributed by atoms with E-state index in [9.17, 15) is 9.59 Å². The molecule has 6 heteroatoms. The van der Waals surface area contributed by atoms with E-state index in [1.54, 1.807) is 17.6 Å². The quantitative estimate of drug-likeness (QED) is 0.253. The number of para-hydroxylation sites is 2. The molecule has 1 aromatic rings. The Bertz CT molecular complexity index is 449. The maximum absolute atomic E-state index is 11.7. The minimum atomic E-state index is -0.373. The Morgan fingerprint density at radius 1 is 1.00 bits per heavy atom. The molecule has 0 aliphatic heterocycles. The van der Waals surface area contributed by atoms with Crippen LogP contribution in [0.25, 0.3) is 0 Å². The van der Waals surface area contributed by atoms with Crippen molar-refractivity contribution >= 4 is 23.2 Å². The molecule has 0 atom stereocenters. The van der Waals surface area contributed by atoms with Crippen LogP contribution < -0.4 is 16.5 Å². The third-order valence-corrected chi connectivity index (χ3v) is 2.92. The van der Waals surface area contributed by atoms with Gasteiger partial charge in [0.05, 0.1) is 11.4 Å². The van der Waals surface area contributed by atoms with Crippen LogP contribution in [0.15, 0.2) is 24.3 Å². The fraction of sp³-hybridized carbons (Fsp3) is 0.429. The third-order valence-electron chi connectivity index (χ3n) is 2.92. The molecule has 1 rings (SSSR count). The number of amides is 2. The van der Waals surface area contributed by atoms with Crippen molar-refractivity contribution in [2.45, 2.75) is 38.5 Å². The van der Waals surface area contributed by atoms with Crippen LogP contribution >= 0.6 is 0 Å². The van der Waals surface area contributed by atoms with Crippen molar-refractivity contribution in [3.63, 3.8) is 0 Å². The minimum Gasteiger partial charge on any atom is -0.397 e. The number of rotatable bonds is 8. The van der Waals surface area contributed by atoms with Gasteiger partial charge in [-0.3, -0.25) is 14.8 Å². The van der Waals surface area contributed by atoms with Gasteiger partial charge in [0, 0.05) is 12.8 Å². The van der Waals surface area contributed by atoms with Gasteiger partial charge in [-0.05, 0) is 25.0 Å². The number of nitrogen functional groups attached to an aromatic ring is 1. The molecule has 2 amide bonds. The Labute approximate surface area is 118 Å². The average Bonchev–Trinajstić information content (AvgIpc) is 2.44. The predicted octanol–water partition coefficient (Wildman–Crippen LogP) is 2.05. The van der Waals surface area contributed by atoms with Crippen molar-refractivity contribution in [3.05, 3.63) is 24.3 Å². The van der Waals surface area contributed by atoms with Crippen LogP contribution in [0, 0.1) is 0 Å². The first-order valence-electron chi connectivity index (χ1n) is 6.70. The van der Waals surface area contributed by atoms with Crippen LogP contribution in [0.3, 0.4) is 0 Å². The molecule has 0 radical (unpaired) electrons. The second-order valence-corrected chi connectivity index (χ2v) is 4.58. The van der Waals surface area contributed by atoms with Crippen molar-refractivity contribution in [1.82, 2.24) is 5.48 Å². The highest BCUT2D eigenvalue weighted by Crippen LogP contribution is 2.17. The number of anilines is 2. The van der Waals surface area contributed by atoms with Crippen LogP contribution in [0.5, 0.6) is 0 Å². The first kappa shape index (κ1) is 16.0. The number of nitrogens with one attached hydrogen (secondary N) is 2. The van der Waals surface area contributed by atoms with Gasteiger partial charge in [-0.2, -0.15) is 0 Å². The van der Waals surface area contributed by atoms with Gasteiger partial charge >= 0.3 is 0 Å². The van der Waals surface area contributed by atoms with E-state index in [0.29, 0.717) is 30.6 Å². The molecular formula is C14H21N3O3. The molecule has 0 spiro atoms. The molecule has 5 N–H and O–H groups in total. The first-order chi connectivity index (χ1) is 9.63. The minimum absolute atomic E-state index is 0.0593. The second kappa shape index (κ2) is 8.92. The number of hydrogen-bond donors (Lipinski definition) is 4. The zero-order valence-electron chi connectivity index (χ0n) is 11.4. The molecule has 0 saturated carbocycles. The van der Waals surface area contributed by atoms with Crippen LogP contribution in [0.2, 0.25) is 0 Å². The summed E-state index contributed by atoms with van der Waals surface area (Å²) in [7, 11) is 0. The van der Waals surface area contributed by atoms with Crippen LogP contribution in [-0.2, 0) is 9.59 Å². The van der Waals surface area contributed by atoms with Gasteiger partial charge in [-0.1, -0.05) is 25.0 Å². The molecule has 0 fully saturated rings. The molecule has 0 aliphatic rings. The first-order valence-corrected chi connectivity index (χ1v) is 6.70. The number of hydrogen-bond acceptors (Lipinski definition) is 4. The highest BCUT2D eigenvalue weighted by molar-refractivity contribution is 5.93. The fourth-order valence-electron chi connectivity index (χ4n) is 1.80. The fourth-order valence-corrected chi connectivity index (χ4v) is 1.80. The van der Waals surface area contributed by atoms with Gasteiger partial charge < -0.3 is 11.1 Å². The Morgan fingerprint density at radius 3 is 2.20 bits per heavy atom. The predicted molar refractivity (Wildman–Crippen MR) is 77.1 cm³/mol. The van der Waals surface area contributed by atoms with E-state index in [2.05, 4.69) is 5.32 Å². The summed E-state index contributed by atoms with van der Waals surface area (Å²) in [5.74, 6) is -0.432. The molecule has 110 valence electrons. The van der Waals surface area contributed by atoms with Crippen LogP contribution in [0.4, 0.5) is 11.4 Å². The normalized spacial score (nSPS) is 10.1. The van der Waals surface area contributed by atoms with Crippen molar-refractivity contribution in [2.75, 3.05) is 11.1 Å². The lowest BCUT2D eigenvalue weighted by Crippen LogP contribution is -2.17. The monoisotopic (exact) mass is 279 g/mol. The van der Waals surface area contributed by atoms with Crippen molar-refractivity contribution in [3.8, 4) is 0 Å². The SMILES string of the molecule is Nc1ccccc1NC(=O)CCCCCCC(=O)NO. The number of nitrogens with two attached hydrogens (primary N) is 1. The molecule has 0 bridgehead atoms. The van der Waals surface area contributed by atoms with E-state index in [4.69, 9.17) is 10.9 Å². The zero-order chi connectivity index (χ0) is 14.8. The number of hydroxylamine groups is 1. The summed E-state index contributed by atoms with van der Waals surface area (Å²) in [6, 6.07) is 7.13. The Morgan fingerprint density at radius 2 is 1.60 bits per heavy atom. The molecule has 1 aromatic carbocycles. The lowest BCUT2D eigenvalue weighted by molar-refractivity contribution is -0.129. The number of carbonyl (C=O) groups is 2. The van der Waals surface area contributed by atoms with E-state index in [1.165, 1.54) is 0 Å². The van der Waals surface area contributed by atoms with E-state index in [0.717, 1.165) is 19.3 Å². The van der Waals surface area contributed by atoms with Gasteiger partial charge in [0.15, 0.2) is 0 Å². The average molecular weight is 279 g/mol. The van der Waals surface area contributed by atoms with Crippen molar-refractivity contribution < 1.29 is 14.8 Å². The van der Waals surface area contributed by atoms with Crippen LogP contribution in [0.1, 0.15) is 38.5 Å².